The molecular formula is C10H18N4. The summed E-state index contributed by atoms with van der Waals surface area (Å²) in [7, 11) is 0. The number of nitrogens with zero attached hydrogens (tertiary/aromatic N) is 3. The lowest BCUT2D eigenvalue weighted by Gasteiger charge is -2.24. The third-order valence-electron chi connectivity index (χ3n) is 1.87. The van der Waals surface area contributed by atoms with Crippen LogP contribution in [-0.2, 0) is 0 Å². The normalized spacial score (nSPS) is 10.6. The molecule has 0 saturated heterocycles. The molecule has 78 valence electrons. The minimum absolute atomic E-state index is 0.608. The highest BCUT2D eigenvalue weighted by atomic mass is 15.2. The molecule has 1 aromatic rings. The highest BCUT2D eigenvalue weighted by Gasteiger charge is 2.07. The van der Waals surface area contributed by atoms with Crippen LogP contribution in [0.5, 0.6) is 0 Å². The molecule has 0 bridgehead atoms. The van der Waals surface area contributed by atoms with Crippen LogP contribution >= 0.6 is 0 Å². The van der Waals surface area contributed by atoms with Gasteiger partial charge in [0, 0.05) is 25.8 Å². The van der Waals surface area contributed by atoms with Gasteiger partial charge in [0.25, 0.3) is 0 Å². The van der Waals surface area contributed by atoms with Gasteiger partial charge in [-0.1, -0.05) is 13.8 Å². The van der Waals surface area contributed by atoms with Crippen molar-refractivity contribution >= 4 is 5.82 Å². The number of aromatic nitrogens is 2. The van der Waals surface area contributed by atoms with Gasteiger partial charge in [0.2, 0.25) is 0 Å². The van der Waals surface area contributed by atoms with Crippen LogP contribution in [0.15, 0.2) is 18.6 Å². The fourth-order valence-corrected chi connectivity index (χ4v) is 1.37. The zero-order chi connectivity index (χ0) is 10.4. The molecule has 0 unspecified atom stereocenters. The Balaban J connectivity index is 2.67. The molecule has 0 amide bonds. The molecule has 0 aliphatic rings. The van der Waals surface area contributed by atoms with E-state index in [-0.39, 0.29) is 0 Å². The van der Waals surface area contributed by atoms with Crippen LogP contribution in [0.1, 0.15) is 13.8 Å². The van der Waals surface area contributed by atoms with Gasteiger partial charge < -0.3 is 10.6 Å². The minimum Gasteiger partial charge on any atom is -0.355 e. The first-order valence-corrected chi connectivity index (χ1v) is 4.95. The molecule has 1 aromatic heterocycles. The van der Waals surface area contributed by atoms with E-state index in [0.29, 0.717) is 12.5 Å². The zero-order valence-corrected chi connectivity index (χ0v) is 8.85. The predicted octanol–water partition coefficient (Wildman–Crippen LogP) is 0.898. The van der Waals surface area contributed by atoms with Gasteiger partial charge in [-0.2, -0.15) is 0 Å². The highest BCUT2D eigenvalue weighted by molar-refractivity contribution is 5.36. The smallest absolute Gasteiger partial charge is 0.131 e. The predicted molar refractivity (Wildman–Crippen MR) is 58.1 cm³/mol. The van der Waals surface area contributed by atoms with Gasteiger partial charge in [-0.15, -0.1) is 0 Å². The summed E-state index contributed by atoms with van der Waals surface area (Å²) in [5.74, 6) is 1.57. The maximum atomic E-state index is 5.56. The summed E-state index contributed by atoms with van der Waals surface area (Å²) in [6.07, 6.45) is 3.32. The van der Waals surface area contributed by atoms with Gasteiger partial charge in [0.15, 0.2) is 0 Å². The van der Waals surface area contributed by atoms with Crippen LogP contribution in [0, 0.1) is 5.92 Å². The largest absolute Gasteiger partial charge is 0.355 e. The van der Waals surface area contributed by atoms with Crippen LogP contribution in [0.4, 0.5) is 5.82 Å². The maximum absolute atomic E-state index is 5.56. The average Bonchev–Trinajstić information content (AvgIpc) is 2.18. The van der Waals surface area contributed by atoms with Gasteiger partial charge in [0.1, 0.15) is 12.1 Å². The number of anilines is 1. The monoisotopic (exact) mass is 194 g/mol. The van der Waals surface area contributed by atoms with Crippen LogP contribution in [-0.4, -0.2) is 29.6 Å². The van der Waals surface area contributed by atoms with Crippen molar-refractivity contribution in [3.05, 3.63) is 18.6 Å². The minimum atomic E-state index is 0.608. The summed E-state index contributed by atoms with van der Waals surface area (Å²) in [4.78, 5) is 10.3. The first-order valence-electron chi connectivity index (χ1n) is 4.95. The van der Waals surface area contributed by atoms with E-state index in [2.05, 4.69) is 28.7 Å². The van der Waals surface area contributed by atoms with E-state index in [4.69, 9.17) is 5.73 Å². The van der Waals surface area contributed by atoms with Crippen molar-refractivity contribution in [2.24, 2.45) is 11.7 Å². The van der Waals surface area contributed by atoms with Crippen molar-refractivity contribution in [1.29, 1.82) is 0 Å². The molecule has 0 aliphatic heterocycles. The topological polar surface area (TPSA) is 55.0 Å². The van der Waals surface area contributed by atoms with Crippen molar-refractivity contribution in [1.82, 2.24) is 9.97 Å². The Morgan fingerprint density at radius 3 is 2.79 bits per heavy atom. The summed E-state index contributed by atoms with van der Waals surface area (Å²) in [5, 5.41) is 0. The number of rotatable bonds is 5. The second-order valence-electron chi connectivity index (χ2n) is 3.70. The lowest BCUT2D eigenvalue weighted by atomic mass is 10.2. The molecule has 2 N–H and O–H groups in total. The van der Waals surface area contributed by atoms with Crippen LogP contribution in [0.25, 0.3) is 0 Å². The summed E-state index contributed by atoms with van der Waals surface area (Å²) >= 11 is 0. The third kappa shape index (κ3) is 3.30. The van der Waals surface area contributed by atoms with Crippen LogP contribution < -0.4 is 10.6 Å². The molecule has 0 fully saturated rings. The Hall–Kier alpha value is -1.16. The summed E-state index contributed by atoms with van der Waals surface area (Å²) in [6.45, 7) is 6.84. The van der Waals surface area contributed by atoms with Crippen LogP contribution in [0.3, 0.4) is 0 Å². The lowest BCUT2D eigenvalue weighted by molar-refractivity contribution is 0.607. The Morgan fingerprint density at radius 2 is 2.29 bits per heavy atom. The summed E-state index contributed by atoms with van der Waals surface area (Å²) in [6, 6.07) is 1.91. The Kier molecular flexibility index (Phi) is 4.32. The summed E-state index contributed by atoms with van der Waals surface area (Å²) in [5.41, 5.74) is 5.56. The molecule has 0 spiro atoms. The van der Waals surface area contributed by atoms with E-state index < -0.39 is 0 Å². The molecule has 1 heterocycles. The van der Waals surface area contributed by atoms with Gasteiger partial charge in [0.05, 0.1) is 0 Å². The molecule has 4 heteroatoms. The molecule has 4 nitrogen and oxygen atoms in total. The molecule has 0 aliphatic carbocycles. The van der Waals surface area contributed by atoms with Crippen molar-refractivity contribution in [2.45, 2.75) is 13.8 Å². The van der Waals surface area contributed by atoms with E-state index in [1.165, 1.54) is 0 Å². The first kappa shape index (κ1) is 10.9. The average molecular weight is 194 g/mol. The van der Waals surface area contributed by atoms with Gasteiger partial charge in [-0.05, 0) is 12.0 Å². The standard InChI is InChI=1S/C10H18N4/c1-9(2)7-14(6-4-11)10-3-5-12-8-13-10/h3,5,8-9H,4,6-7,11H2,1-2H3. The fraction of sp³-hybridized carbons (Fsp3) is 0.600. The first-order chi connectivity index (χ1) is 6.74. The van der Waals surface area contributed by atoms with Crippen LogP contribution in [0.2, 0.25) is 0 Å². The highest BCUT2D eigenvalue weighted by Crippen LogP contribution is 2.09. The molecule has 0 aromatic carbocycles. The van der Waals surface area contributed by atoms with Gasteiger partial charge in [-0.25, -0.2) is 9.97 Å². The second-order valence-corrected chi connectivity index (χ2v) is 3.70. The second kappa shape index (κ2) is 5.54. The molecule has 1 rings (SSSR count). The molecule has 0 radical (unpaired) electrons. The van der Waals surface area contributed by atoms with Crippen molar-refractivity contribution in [3.63, 3.8) is 0 Å². The van der Waals surface area contributed by atoms with E-state index in [1.54, 1.807) is 12.5 Å². The van der Waals surface area contributed by atoms with E-state index in [0.717, 1.165) is 18.9 Å². The van der Waals surface area contributed by atoms with E-state index in [9.17, 15) is 0 Å². The van der Waals surface area contributed by atoms with E-state index in [1.807, 2.05) is 6.07 Å². The Morgan fingerprint density at radius 1 is 1.50 bits per heavy atom. The van der Waals surface area contributed by atoms with Crippen molar-refractivity contribution in [3.8, 4) is 0 Å². The number of nitrogens with two attached hydrogens (primary N) is 1. The quantitative estimate of drug-likeness (QED) is 0.756. The molecular weight excluding hydrogens is 176 g/mol. The molecule has 14 heavy (non-hydrogen) atoms. The van der Waals surface area contributed by atoms with Gasteiger partial charge >= 0.3 is 0 Å². The zero-order valence-electron chi connectivity index (χ0n) is 8.85. The van der Waals surface area contributed by atoms with Crippen molar-refractivity contribution in [2.75, 3.05) is 24.5 Å². The Labute approximate surface area is 85.2 Å². The van der Waals surface area contributed by atoms with E-state index >= 15 is 0 Å². The number of hydrogen-bond acceptors (Lipinski definition) is 4. The SMILES string of the molecule is CC(C)CN(CCN)c1ccncn1. The molecule has 0 saturated carbocycles. The Bertz CT molecular complexity index is 248. The maximum Gasteiger partial charge on any atom is 0.131 e. The summed E-state index contributed by atoms with van der Waals surface area (Å²) < 4.78 is 0. The third-order valence-corrected chi connectivity index (χ3v) is 1.87. The molecule has 0 atom stereocenters. The lowest BCUT2D eigenvalue weighted by Crippen LogP contribution is -2.33. The fourth-order valence-electron chi connectivity index (χ4n) is 1.37. The van der Waals surface area contributed by atoms with Gasteiger partial charge in [-0.3, -0.25) is 0 Å². The number of hydrogen-bond donors (Lipinski definition) is 1. The van der Waals surface area contributed by atoms with Crippen molar-refractivity contribution < 1.29 is 0 Å².